The van der Waals surface area contributed by atoms with Crippen LogP contribution in [0.15, 0.2) is 35.3 Å². The summed E-state index contributed by atoms with van der Waals surface area (Å²) >= 11 is 0. The molecule has 6 heteroatoms. The molecule has 1 fully saturated rings. The highest BCUT2D eigenvalue weighted by molar-refractivity contribution is 5.79. The highest BCUT2D eigenvalue weighted by atomic mass is 16.5. The smallest absolute Gasteiger partial charge is 0.191 e. The second-order valence-corrected chi connectivity index (χ2v) is 6.93. The molecule has 1 aliphatic heterocycles. The molecule has 1 unspecified atom stereocenters. The average molecular weight is 362 g/mol. The molecular weight excluding hydrogens is 326 g/mol. The highest BCUT2D eigenvalue weighted by Gasteiger charge is 2.24. The lowest BCUT2D eigenvalue weighted by molar-refractivity contribution is 0.162. The van der Waals surface area contributed by atoms with Crippen LogP contribution in [0.4, 0.5) is 0 Å². The molecule has 2 N–H and O–H groups in total. The van der Waals surface area contributed by atoms with Crippen LogP contribution < -0.4 is 10.6 Å². The van der Waals surface area contributed by atoms with Gasteiger partial charge in [0.05, 0.1) is 6.61 Å². The maximum atomic E-state index is 5.11. The van der Waals surface area contributed by atoms with Crippen LogP contribution >= 0.6 is 0 Å². The normalized spacial score (nSPS) is 18.5. The molecule has 0 spiro atoms. The predicted molar refractivity (Wildman–Crippen MR) is 109 cm³/mol. The molecule has 146 valence electrons. The summed E-state index contributed by atoms with van der Waals surface area (Å²) in [5, 5.41) is 6.90. The van der Waals surface area contributed by atoms with Crippen molar-refractivity contribution in [2.45, 2.75) is 25.4 Å². The Kier molecular flexibility index (Phi) is 9.45. The summed E-state index contributed by atoms with van der Waals surface area (Å²) in [6.07, 6.45) is 2.52. The lowest BCUT2D eigenvalue weighted by Gasteiger charge is -2.25. The summed E-state index contributed by atoms with van der Waals surface area (Å²) < 4.78 is 5.11. The Balaban J connectivity index is 1.69. The molecule has 0 bridgehead atoms. The molecule has 0 amide bonds. The molecule has 6 nitrogen and oxygen atoms in total. The van der Waals surface area contributed by atoms with E-state index in [9.17, 15) is 0 Å². The van der Waals surface area contributed by atoms with Crippen molar-refractivity contribution in [3.05, 3.63) is 35.9 Å². The Morgan fingerprint density at radius 2 is 2.08 bits per heavy atom. The molecule has 0 aliphatic carbocycles. The van der Waals surface area contributed by atoms with Crippen LogP contribution in [-0.4, -0.2) is 82.3 Å². The maximum Gasteiger partial charge on any atom is 0.191 e. The summed E-state index contributed by atoms with van der Waals surface area (Å²) in [5.74, 6) is 0.886. The first-order chi connectivity index (χ1) is 12.7. The minimum Gasteiger partial charge on any atom is -0.383 e. The van der Waals surface area contributed by atoms with Crippen LogP contribution in [-0.2, 0) is 11.3 Å². The van der Waals surface area contributed by atoms with Gasteiger partial charge >= 0.3 is 0 Å². The first-order valence-electron chi connectivity index (χ1n) is 9.63. The Hall–Kier alpha value is -1.63. The van der Waals surface area contributed by atoms with Crippen molar-refractivity contribution in [2.75, 3.05) is 60.5 Å². The van der Waals surface area contributed by atoms with E-state index in [0.717, 1.165) is 45.3 Å². The first kappa shape index (κ1) is 20.7. The predicted octanol–water partition coefficient (Wildman–Crippen LogP) is 1.39. The molecular formula is C20H35N5O. The number of nitrogens with zero attached hydrogens (tertiary/aromatic N) is 3. The number of benzene rings is 1. The van der Waals surface area contributed by atoms with Crippen molar-refractivity contribution in [3.63, 3.8) is 0 Å². The van der Waals surface area contributed by atoms with Crippen molar-refractivity contribution < 1.29 is 4.74 Å². The molecule has 0 radical (unpaired) electrons. The van der Waals surface area contributed by atoms with E-state index in [4.69, 9.17) is 4.74 Å². The van der Waals surface area contributed by atoms with Gasteiger partial charge in [0.15, 0.2) is 5.96 Å². The number of ether oxygens (including phenoxy) is 1. The van der Waals surface area contributed by atoms with Crippen molar-refractivity contribution in [1.29, 1.82) is 0 Å². The van der Waals surface area contributed by atoms with E-state index in [1.54, 1.807) is 7.11 Å². The average Bonchev–Trinajstić information content (AvgIpc) is 3.10. The number of hydrogen-bond donors (Lipinski definition) is 2. The van der Waals surface area contributed by atoms with Crippen LogP contribution in [0.3, 0.4) is 0 Å². The number of aliphatic imine (C=N–C) groups is 1. The minimum absolute atomic E-state index is 0.568. The highest BCUT2D eigenvalue weighted by Crippen LogP contribution is 2.19. The zero-order valence-corrected chi connectivity index (χ0v) is 16.6. The van der Waals surface area contributed by atoms with Crippen LogP contribution in [0.2, 0.25) is 0 Å². The van der Waals surface area contributed by atoms with E-state index in [1.807, 2.05) is 7.05 Å². The largest absolute Gasteiger partial charge is 0.383 e. The molecule has 0 aromatic heterocycles. The van der Waals surface area contributed by atoms with Gasteiger partial charge in [-0.05, 0) is 32.0 Å². The summed E-state index contributed by atoms with van der Waals surface area (Å²) in [6, 6.07) is 11.3. The van der Waals surface area contributed by atoms with Gasteiger partial charge in [-0.1, -0.05) is 30.3 Å². The molecule has 0 saturated carbocycles. The SMILES string of the molecule is CN=C(NCCN(C)CCOC)NCC1CCCN1Cc1ccccc1. The zero-order valence-electron chi connectivity index (χ0n) is 16.6. The molecule has 1 aromatic carbocycles. The fraction of sp³-hybridized carbons (Fsp3) is 0.650. The standard InChI is InChI=1S/C20H35N5O/c1-21-20(22-11-13-24(2)14-15-26-3)23-16-19-10-7-12-25(19)17-18-8-5-4-6-9-18/h4-6,8-9,19H,7,10-17H2,1-3H3,(H2,21,22,23). The van der Waals surface area contributed by atoms with Gasteiger partial charge in [0.1, 0.15) is 0 Å². The third kappa shape index (κ3) is 7.32. The summed E-state index contributed by atoms with van der Waals surface area (Å²) in [6.45, 7) is 6.70. The number of nitrogens with one attached hydrogen (secondary N) is 2. The summed E-state index contributed by atoms with van der Waals surface area (Å²) in [7, 11) is 5.68. The van der Waals surface area contributed by atoms with E-state index in [1.165, 1.54) is 24.9 Å². The number of rotatable bonds is 10. The Bertz CT molecular complexity index is 522. The second kappa shape index (κ2) is 11.9. The lowest BCUT2D eigenvalue weighted by atomic mass is 10.2. The van der Waals surface area contributed by atoms with E-state index >= 15 is 0 Å². The summed E-state index contributed by atoms with van der Waals surface area (Å²) in [4.78, 5) is 9.18. The molecule has 1 saturated heterocycles. The number of likely N-dealkylation sites (N-methyl/N-ethyl adjacent to an activating group) is 1. The van der Waals surface area contributed by atoms with Gasteiger partial charge in [0.2, 0.25) is 0 Å². The Morgan fingerprint density at radius 1 is 1.27 bits per heavy atom. The van der Waals surface area contributed by atoms with Crippen molar-refractivity contribution in [2.24, 2.45) is 4.99 Å². The number of hydrogen-bond acceptors (Lipinski definition) is 4. The van der Waals surface area contributed by atoms with E-state index in [2.05, 4.69) is 62.8 Å². The van der Waals surface area contributed by atoms with E-state index in [0.29, 0.717) is 6.04 Å². The van der Waals surface area contributed by atoms with Gasteiger partial charge < -0.3 is 20.3 Å². The van der Waals surface area contributed by atoms with Gasteiger partial charge in [-0.2, -0.15) is 0 Å². The fourth-order valence-corrected chi connectivity index (χ4v) is 3.31. The van der Waals surface area contributed by atoms with Gasteiger partial charge in [-0.15, -0.1) is 0 Å². The molecule has 2 rings (SSSR count). The molecule has 1 aromatic rings. The number of likely N-dealkylation sites (tertiary alicyclic amines) is 1. The van der Waals surface area contributed by atoms with Crippen LogP contribution in [0.25, 0.3) is 0 Å². The molecule has 1 aliphatic rings. The van der Waals surface area contributed by atoms with Crippen LogP contribution in [0.1, 0.15) is 18.4 Å². The Morgan fingerprint density at radius 3 is 2.81 bits per heavy atom. The monoisotopic (exact) mass is 361 g/mol. The minimum atomic E-state index is 0.568. The van der Waals surface area contributed by atoms with Gasteiger partial charge in [-0.25, -0.2) is 0 Å². The molecule has 26 heavy (non-hydrogen) atoms. The van der Waals surface area contributed by atoms with Gasteiger partial charge in [0, 0.05) is 52.9 Å². The molecule has 1 heterocycles. The van der Waals surface area contributed by atoms with Crippen molar-refractivity contribution >= 4 is 5.96 Å². The first-order valence-corrected chi connectivity index (χ1v) is 9.63. The van der Waals surface area contributed by atoms with Gasteiger partial charge in [-0.3, -0.25) is 9.89 Å². The summed E-state index contributed by atoms with van der Waals surface area (Å²) in [5.41, 5.74) is 1.39. The van der Waals surface area contributed by atoms with Crippen molar-refractivity contribution in [1.82, 2.24) is 20.4 Å². The topological polar surface area (TPSA) is 52.1 Å². The second-order valence-electron chi connectivity index (χ2n) is 6.93. The number of guanidine groups is 1. The quantitative estimate of drug-likeness (QED) is 0.487. The third-order valence-electron chi connectivity index (χ3n) is 4.92. The van der Waals surface area contributed by atoms with E-state index < -0.39 is 0 Å². The van der Waals surface area contributed by atoms with Gasteiger partial charge in [0.25, 0.3) is 0 Å². The van der Waals surface area contributed by atoms with Crippen molar-refractivity contribution in [3.8, 4) is 0 Å². The van der Waals surface area contributed by atoms with Crippen LogP contribution in [0.5, 0.6) is 0 Å². The maximum absolute atomic E-state index is 5.11. The van der Waals surface area contributed by atoms with E-state index in [-0.39, 0.29) is 0 Å². The lowest BCUT2D eigenvalue weighted by Crippen LogP contribution is -2.46. The number of methoxy groups -OCH3 is 1. The molecule has 1 atom stereocenters. The third-order valence-corrected chi connectivity index (χ3v) is 4.92. The van der Waals surface area contributed by atoms with Crippen LogP contribution in [0, 0.1) is 0 Å². The Labute approximate surface area is 158 Å². The fourth-order valence-electron chi connectivity index (χ4n) is 3.31. The zero-order chi connectivity index (χ0) is 18.6.